The van der Waals surface area contributed by atoms with E-state index in [9.17, 15) is 14.7 Å². The number of carboxylic acid groups (broad SMARTS) is 1. The Kier molecular flexibility index (Phi) is 4.29. The number of thiophene rings is 1. The Labute approximate surface area is 128 Å². The third kappa shape index (κ3) is 2.98. The lowest BCUT2D eigenvalue weighted by Crippen LogP contribution is -2.40. The van der Waals surface area contributed by atoms with Gasteiger partial charge >= 0.3 is 5.97 Å². The normalized spacial score (nSPS) is 22.5. The smallest absolute Gasteiger partial charge is 0.326 e. The van der Waals surface area contributed by atoms with Crippen molar-refractivity contribution in [2.75, 3.05) is 6.54 Å². The molecule has 2 aliphatic rings. The quantitative estimate of drug-likeness (QED) is 0.913. The second-order valence-corrected chi connectivity index (χ2v) is 7.10. The van der Waals surface area contributed by atoms with Crippen LogP contribution in [0.5, 0.6) is 0 Å². The van der Waals surface area contributed by atoms with Gasteiger partial charge in [0.05, 0.1) is 4.88 Å². The molecule has 1 atom stereocenters. The van der Waals surface area contributed by atoms with Crippen LogP contribution in [0, 0.1) is 0 Å². The Bertz CT molecular complexity index is 526. The Morgan fingerprint density at radius 2 is 1.90 bits per heavy atom. The number of hydrogen-bond acceptors (Lipinski definition) is 3. The number of amides is 1. The van der Waals surface area contributed by atoms with Crippen LogP contribution in [-0.4, -0.2) is 34.5 Å². The highest BCUT2D eigenvalue weighted by Gasteiger charge is 2.35. The number of carbonyl (C=O) groups excluding carboxylic acids is 1. The van der Waals surface area contributed by atoms with Crippen molar-refractivity contribution in [3.63, 3.8) is 0 Å². The van der Waals surface area contributed by atoms with E-state index < -0.39 is 12.0 Å². The molecule has 2 heterocycles. The van der Waals surface area contributed by atoms with Gasteiger partial charge in [-0.2, -0.15) is 0 Å². The fourth-order valence-electron chi connectivity index (χ4n) is 3.36. The van der Waals surface area contributed by atoms with Gasteiger partial charge in [0.15, 0.2) is 0 Å². The minimum atomic E-state index is -0.879. The lowest BCUT2D eigenvalue weighted by molar-refractivity contribution is -0.141. The Morgan fingerprint density at radius 1 is 1.14 bits per heavy atom. The van der Waals surface area contributed by atoms with Gasteiger partial charge in [0.1, 0.15) is 6.04 Å². The van der Waals surface area contributed by atoms with Gasteiger partial charge in [-0.05, 0) is 50.2 Å². The molecule has 0 radical (unpaired) electrons. The van der Waals surface area contributed by atoms with Gasteiger partial charge < -0.3 is 10.0 Å². The summed E-state index contributed by atoms with van der Waals surface area (Å²) in [5.41, 5.74) is 1.31. The topological polar surface area (TPSA) is 57.6 Å². The van der Waals surface area contributed by atoms with E-state index in [2.05, 4.69) is 0 Å². The summed E-state index contributed by atoms with van der Waals surface area (Å²) in [4.78, 5) is 27.5. The van der Waals surface area contributed by atoms with Gasteiger partial charge in [0, 0.05) is 11.4 Å². The maximum atomic E-state index is 12.6. The van der Waals surface area contributed by atoms with Crippen LogP contribution in [0.25, 0.3) is 0 Å². The monoisotopic (exact) mass is 307 g/mol. The molecule has 4 nitrogen and oxygen atoms in total. The fourth-order valence-corrected chi connectivity index (χ4v) is 4.57. The van der Waals surface area contributed by atoms with Gasteiger partial charge in [0.25, 0.3) is 5.91 Å². The number of aryl methyl sites for hydroxylation is 2. The number of carbonyl (C=O) groups is 2. The Balaban J connectivity index is 1.81. The van der Waals surface area contributed by atoms with Crippen molar-refractivity contribution in [2.45, 2.75) is 57.4 Å². The number of fused-ring (bicyclic) bond motifs is 1. The number of aliphatic carboxylic acids is 1. The first kappa shape index (κ1) is 14.6. The zero-order valence-electron chi connectivity index (χ0n) is 12.1. The average Bonchev–Trinajstić information content (AvgIpc) is 3.05. The molecule has 3 rings (SSSR count). The fraction of sp³-hybridized carbons (Fsp3) is 0.625. The maximum absolute atomic E-state index is 12.6. The summed E-state index contributed by atoms with van der Waals surface area (Å²) in [6, 6.07) is 1.38. The third-order valence-electron chi connectivity index (χ3n) is 4.51. The maximum Gasteiger partial charge on any atom is 0.326 e. The summed E-state index contributed by atoms with van der Waals surface area (Å²) in [5, 5.41) is 9.23. The average molecular weight is 307 g/mol. The van der Waals surface area contributed by atoms with Crippen LogP contribution in [0.2, 0.25) is 0 Å². The van der Waals surface area contributed by atoms with Crippen LogP contribution in [0.15, 0.2) is 6.07 Å². The predicted octanol–water partition coefficient (Wildman–Crippen LogP) is 3.10. The second-order valence-electron chi connectivity index (χ2n) is 5.97. The summed E-state index contributed by atoms with van der Waals surface area (Å²) in [7, 11) is 0. The van der Waals surface area contributed by atoms with Gasteiger partial charge in [0.2, 0.25) is 0 Å². The van der Waals surface area contributed by atoms with Crippen molar-refractivity contribution in [2.24, 2.45) is 0 Å². The van der Waals surface area contributed by atoms with Crippen LogP contribution >= 0.6 is 11.3 Å². The SMILES string of the molecule is O=C(O)[C@H]1CCCN1C(=O)c1cc2c(s1)CCCCCC2. The molecule has 1 amide bonds. The molecule has 0 saturated carbocycles. The highest BCUT2D eigenvalue weighted by Crippen LogP contribution is 2.30. The van der Waals surface area contributed by atoms with E-state index in [1.54, 1.807) is 16.2 Å². The van der Waals surface area contributed by atoms with E-state index in [0.717, 1.165) is 24.1 Å². The zero-order valence-corrected chi connectivity index (χ0v) is 13.0. The Hall–Kier alpha value is -1.36. The number of nitrogens with zero attached hydrogens (tertiary/aromatic N) is 1. The molecule has 1 aliphatic carbocycles. The summed E-state index contributed by atoms with van der Waals surface area (Å²) >= 11 is 1.58. The van der Waals surface area contributed by atoms with E-state index >= 15 is 0 Å². The van der Waals surface area contributed by atoms with Crippen LogP contribution < -0.4 is 0 Å². The van der Waals surface area contributed by atoms with Gasteiger partial charge in [-0.1, -0.05) is 12.8 Å². The van der Waals surface area contributed by atoms with E-state index in [-0.39, 0.29) is 5.91 Å². The molecule has 5 heteroatoms. The lowest BCUT2D eigenvalue weighted by atomic mass is 10.00. The van der Waals surface area contributed by atoms with Crippen molar-refractivity contribution in [3.05, 3.63) is 21.4 Å². The van der Waals surface area contributed by atoms with E-state index in [4.69, 9.17) is 0 Å². The number of rotatable bonds is 2. The van der Waals surface area contributed by atoms with Gasteiger partial charge in [-0.25, -0.2) is 4.79 Å². The summed E-state index contributed by atoms with van der Waals surface area (Å²) in [5.74, 6) is -0.965. The van der Waals surface area contributed by atoms with Gasteiger partial charge in [-0.15, -0.1) is 11.3 Å². The van der Waals surface area contributed by atoms with Crippen LogP contribution in [0.1, 0.15) is 58.6 Å². The van der Waals surface area contributed by atoms with Crippen molar-refractivity contribution >= 4 is 23.2 Å². The highest BCUT2D eigenvalue weighted by atomic mass is 32.1. The molecular formula is C16H21NO3S. The van der Waals surface area contributed by atoms with Crippen molar-refractivity contribution in [1.29, 1.82) is 0 Å². The molecule has 0 unspecified atom stereocenters. The third-order valence-corrected chi connectivity index (χ3v) is 5.73. The summed E-state index contributed by atoms with van der Waals surface area (Å²) < 4.78 is 0. The van der Waals surface area contributed by atoms with Crippen molar-refractivity contribution < 1.29 is 14.7 Å². The molecule has 0 spiro atoms. The van der Waals surface area contributed by atoms with E-state index in [1.807, 2.05) is 6.07 Å². The summed E-state index contributed by atoms with van der Waals surface area (Å²) in [6.07, 6.45) is 8.41. The molecule has 1 aromatic rings. The zero-order chi connectivity index (χ0) is 14.8. The molecule has 1 saturated heterocycles. The Morgan fingerprint density at radius 3 is 2.67 bits per heavy atom. The molecular weight excluding hydrogens is 286 g/mol. The number of hydrogen-bond donors (Lipinski definition) is 1. The molecule has 21 heavy (non-hydrogen) atoms. The highest BCUT2D eigenvalue weighted by molar-refractivity contribution is 7.14. The lowest BCUT2D eigenvalue weighted by Gasteiger charge is -2.20. The van der Waals surface area contributed by atoms with Crippen molar-refractivity contribution in [3.8, 4) is 0 Å². The minimum absolute atomic E-state index is 0.0864. The first-order valence-electron chi connectivity index (χ1n) is 7.82. The van der Waals surface area contributed by atoms with E-state index in [1.165, 1.54) is 36.1 Å². The van der Waals surface area contributed by atoms with Crippen LogP contribution in [-0.2, 0) is 17.6 Å². The number of likely N-dealkylation sites (tertiary alicyclic amines) is 1. The largest absolute Gasteiger partial charge is 0.480 e. The summed E-state index contributed by atoms with van der Waals surface area (Å²) in [6.45, 7) is 0.568. The molecule has 0 bridgehead atoms. The molecule has 1 aliphatic heterocycles. The van der Waals surface area contributed by atoms with Crippen LogP contribution in [0.3, 0.4) is 0 Å². The standard InChI is InChI=1S/C16H21NO3S/c18-15(17-9-5-7-12(17)16(19)20)14-10-11-6-3-1-2-4-8-13(11)21-14/h10,12H,1-9H2,(H,19,20)/t12-/m1/s1. The first-order valence-corrected chi connectivity index (χ1v) is 8.64. The van der Waals surface area contributed by atoms with Crippen LogP contribution in [0.4, 0.5) is 0 Å². The molecule has 1 aromatic heterocycles. The second kappa shape index (κ2) is 6.18. The number of carboxylic acids is 1. The molecule has 1 fully saturated rings. The van der Waals surface area contributed by atoms with Crippen molar-refractivity contribution in [1.82, 2.24) is 4.90 Å². The minimum Gasteiger partial charge on any atom is -0.480 e. The molecule has 114 valence electrons. The molecule has 0 aromatic carbocycles. The predicted molar refractivity (Wildman–Crippen MR) is 81.9 cm³/mol. The first-order chi connectivity index (χ1) is 10.2. The molecule has 1 N–H and O–H groups in total. The van der Waals surface area contributed by atoms with Gasteiger partial charge in [-0.3, -0.25) is 4.79 Å². The van der Waals surface area contributed by atoms with E-state index in [0.29, 0.717) is 13.0 Å².